The summed E-state index contributed by atoms with van der Waals surface area (Å²) in [7, 11) is 0. The summed E-state index contributed by atoms with van der Waals surface area (Å²) in [6.07, 6.45) is -3.25. The van der Waals surface area contributed by atoms with Crippen LogP contribution in [0.15, 0.2) is 18.2 Å². The lowest BCUT2D eigenvalue weighted by molar-refractivity contribution is -0.153. The van der Waals surface area contributed by atoms with Gasteiger partial charge in [0.1, 0.15) is 5.75 Å². The van der Waals surface area contributed by atoms with E-state index in [0.29, 0.717) is 24.1 Å². The van der Waals surface area contributed by atoms with Gasteiger partial charge in [-0.1, -0.05) is 19.9 Å². The molecule has 0 unspecified atom stereocenters. The zero-order valence-corrected chi connectivity index (χ0v) is 14.8. The third-order valence-electron chi connectivity index (χ3n) is 4.15. The van der Waals surface area contributed by atoms with Gasteiger partial charge in [0.25, 0.3) is 0 Å². The van der Waals surface area contributed by atoms with Crippen molar-refractivity contribution in [2.75, 3.05) is 18.5 Å². The van der Waals surface area contributed by atoms with Crippen molar-refractivity contribution in [3.8, 4) is 5.75 Å². The summed E-state index contributed by atoms with van der Waals surface area (Å²) in [5.41, 5.74) is 5.92. The van der Waals surface area contributed by atoms with E-state index in [1.165, 1.54) is 12.1 Å². The summed E-state index contributed by atoms with van der Waals surface area (Å²) >= 11 is 0. The van der Waals surface area contributed by atoms with Gasteiger partial charge in [0.2, 0.25) is 5.91 Å². The Kier molecular flexibility index (Phi) is 8.57. The monoisotopic (exact) mass is 368 g/mol. The van der Waals surface area contributed by atoms with Crippen LogP contribution in [-0.2, 0) is 4.79 Å². The fourth-order valence-electron chi connectivity index (χ4n) is 2.27. The Labute approximate surface area is 146 Å². The molecule has 1 amide bonds. The fraction of sp³-hybridized carbons (Fsp3) is 0.562. The molecule has 0 aromatic heterocycles. The lowest BCUT2D eigenvalue weighted by Gasteiger charge is -2.29. The number of anilines is 1. The van der Waals surface area contributed by atoms with Crippen LogP contribution in [0.2, 0.25) is 0 Å². The summed E-state index contributed by atoms with van der Waals surface area (Å²) in [6, 6.07) is 4.60. The second-order valence-corrected chi connectivity index (χ2v) is 5.48. The minimum atomic E-state index is -4.41. The normalized spacial score (nSPS) is 11.6. The number of benzene rings is 1. The number of halogens is 4. The molecule has 0 bridgehead atoms. The SMILES string of the molecule is CCC(CC)(CN)C(=O)Nc1cccc(OCC(F)(F)F)c1C.Cl. The molecule has 0 atom stereocenters. The van der Waals surface area contributed by atoms with E-state index in [-0.39, 0.29) is 30.6 Å². The van der Waals surface area contributed by atoms with Crippen LogP contribution in [0.4, 0.5) is 18.9 Å². The minimum Gasteiger partial charge on any atom is -0.484 e. The average molecular weight is 369 g/mol. The molecule has 24 heavy (non-hydrogen) atoms. The van der Waals surface area contributed by atoms with Gasteiger partial charge in [-0.25, -0.2) is 0 Å². The van der Waals surface area contributed by atoms with Gasteiger partial charge < -0.3 is 15.8 Å². The molecular formula is C16H24ClF3N2O2. The molecule has 138 valence electrons. The molecule has 0 aliphatic rings. The first kappa shape index (κ1) is 22.5. The van der Waals surface area contributed by atoms with E-state index in [1.54, 1.807) is 13.0 Å². The Morgan fingerprint density at radius 1 is 1.25 bits per heavy atom. The van der Waals surface area contributed by atoms with Crippen LogP contribution in [0.3, 0.4) is 0 Å². The summed E-state index contributed by atoms with van der Waals surface area (Å²) < 4.78 is 41.6. The zero-order chi connectivity index (χ0) is 17.7. The third-order valence-corrected chi connectivity index (χ3v) is 4.15. The first-order valence-electron chi connectivity index (χ1n) is 7.49. The van der Waals surface area contributed by atoms with Crippen LogP contribution in [0, 0.1) is 12.3 Å². The first-order valence-corrected chi connectivity index (χ1v) is 7.49. The number of hydrogen-bond donors (Lipinski definition) is 2. The molecule has 0 radical (unpaired) electrons. The fourth-order valence-corrected chi connectivity index (χ4v) is 2.27. The highest BCUT2D eigenvalue weighted by Gasteiger charge is 2.34. The van der Waals surface area contributed by atoms with Gasteiger partial charge in [-0.05, 0) is 31.9 Å². The summed E-state index contributed by atoms with van der Waals surface area (Å²) in [6.45, 7) is 4.19. The molecule has 0 saturated carbocycles. The average Bonchev–Trinajstić information content (AvgIpc) is 2.49. The number of hydrogen-bond acceptors (Lipinski definition) is 3. The summed E-state index contributed by atoms with van der Waals surface area (Å²) in [4.78, 5) is 12.5. The molecule has 1 aromatic carbocycles. The number of alkyl halides is 3. The maximum absolute atomic E-state index is 12.5. The van der Waals surface area contributed by atoms with Gasteiger partial charge in [-0.15, -0.1) is 12.4 Å². The number of ether oxygens (including phenoxy) is 1. The number of nitrogens with two attached hydrogens (primary N) is 1. The Morgan fingerprint density at radius 2 is 1.83 bits per heavy atom. The molecule has 8 heteroatoms. The molecule has 1 aromatic rings. The second kappa shape index (κ2) is 9.13. The highest BCUT2D eigenvalue weighted by Crippen LogP contribution is 2.31. The Balaban J connectivity index is 0.00000529. The van der Waals surface area contributed by atoms with Gasteiger partial charge in [-0.3, -0.25) is 4.79 Å². The lowest BCUT2D eigenvalue weighted by atomic mass is 9.81. The number of carbonyl (C=O) groups is 1. The summed E-state index contributed by atoms with van der Waals surface area (Å²) in [5.74, 6) is -0.146. The van der Waals surface area contributed by atoms with Crippen molar-refractivity contribution in [2.45, 2.75) is 39.8 Å². The Morgan fingerprint density at radius 3 is 2.29 bits per heavy atom. The van der Waals surface area contributed by atoms with Gasteiger partial charge in [0, 0.05) is 17.8 Å². The van der Waals surface area contributed by atoms with E-state index >= 15 is 0 Å². The molecule has 3 N–H and O–H groups in total. The Bertz CT molecular complexity index is 538. The van der Waals surface area contributed by atoms with Crippen LogP contribution in [0.5, 0.6) is 5.75 Å². The molecule has 4 nitrogen and oxygen atoms in total. The van der Waals surface area contributed by atoms with Gasteiger partial charge >= 0.3 is 6.18 Å². The van der Waals surface area contributed by atoms with Crippen molar-refractivity contribution in [3.05, 3.63) is 23.8 Å². The molecular weight excluding hydrogens is 345 g/mol. The number of carbonyl (C=O) groups excluding carboxylic acids is 1. The van der Waals surface area contributed by atoms with E-state index in [0.717, 1.165) is 0 Å². The highest BCUT2D eigenvalue weighted by molar-refractivity contribution is 5.96. The Hall–Kier alpha value is -1.47. The third kappa shape index (κ3) is 5.56. The van der Waals surface area contributed by atoms with Crippen LogP contribution in [0.25, 0.3) is 0 Å². The van der Waals surface area contributed by atoms with Crippen LogP contribution >= 0.6 is 12.4 Å². The maximum Gasteiger partial charge on any atom is 0.422 e. The van der Waals surface area contributed by atoms with Crippen molar-refractivity contribution >= 4 is 24.0 Å². The van der Waals surface area contributed by atoms with E-state index in [2.05, 4.69) is 5.32 Å². The number of nitrogens with one attached hydrogen (secondary N) is 1. The smallest absolute Gasteiger partial charge is 0.422 e. The molecule has 0 saturated heterocycles. The lowest BCUT2D eigenvalue weighted by Crippen LogP contribution is -2.41. The maximum atomic E-state index is 12.5. The molecule has 0 fully saturated rings. The largest absolute Gasteiger partial charge is 0.484 e. The predicted octanol–water partition coefficient (Wildman–Crippen LogP) is 4.06. The van der Waals surface area contributed by atoms with Gasteiger partial charge in [0.05, 0.1) is 5.41 Å². The number of amides is 1. The second-order valence-electron chi connectivity index (χ2n) is 5.48. The van der Waals surface area contributed by atoms with Crippen LogP contribution < -0.4 is 15.8 Å². The van der Waals surface area contributed by atoms with Crippen molar-refractivity contribution < 1.29 is 22.7 Å². The topological polar surface area (TPSA) is 64.4 Å². The first-order chi connectivity index (χ1) is 10.7. The molecule has 1 rings (SSSR count). The molecule has 0 heterocycles. The summed E-state index contributed by atoms with van der Waals surface area (Å²) in [5, 5.41) is 2.76. The van der Waals surface area contributed by atoms with Crippen molar-refractivity contribution in [3.63, 3.8) is 0 Å². The van der Waals surface area contributed by atoms with Crippen molar-refractivity contribution in [2.24, 2.45) is 11.1 Å². The number of rotatable bonds is 7. The minimum absolute atomic E-state index is 0. The van der Waals surface area contributed by atoms with Crippen molar-refractivity contribution in [1.82, 2.24) is 0 Å². The van der Waals surface area contributed by atoms with E-state index in [9.17, 15) is 18.0 Å². The van der Waals surface area contributed by atoms with E-state index < -0.39 is 18.2 Å². The van der Waals surface area contributed by atoms with Gasteiger partial charge in [0.15, 0.2) is 6.61 Å². The molecule has 0 aliphatic heterocycles. The molecule has 0 spiro atoms. The van der Waals surface area contributed by atoms with Crippen LogP contribution in [0.1, 0.15) is 32.3 Å². The highest BCUT2D eigenvalue weighted by atomic mass is 35.5. The standard InChI is InChI=1S/C16H23F3N2O2.ClH/c1-4-15(5-2,9-20)14(22)21-12-7-6-8-13(11(12)3)23-10-16(17,18)19;/h6-8H,4-5,9-10,20H2,1-3H3,(H,21,22);1H. The molecule has 0 aliphatic carbocycles. The van der Waals surface area contributed by atoms with Crippen molar-refractivity contribution in [1.29, 1.82) is 0 Å². The van der Waals surface area contributed by atoms with E-state index in [1.807, 2.05) is 13.8 Å². The van der Waals surface area contributed by atoms with Crippen LogP contribution in [-0.4, -0.2) is 25.2 Å². The van der Waals surface area contributed by atoms with Gasteiger partial charge in [-0.2, -0.15) is 13.2 Å². The predicted molar refractivity (Wildman–Crippen MR) is 90.7 cm³/mol. The zero-order valence-electron chi connectivity index (χ0n) is 14.0. The van der Waals surface area contributed by atoms with E-state index in [4.69, 9.17) is 10.5 Å². The quantitative estimate of drug-likeness (QED) is 0.762.